The number of nitrogens with zero attached hydrogens (tertiary/aromatic N) is 1. The molecule has 1 heterocycles. The molecule has 1 aliphatic rings. The van der Waals surface area contributed by atoms with Crippen LogP contribution in [0.3, 0.4) is 0 Å². The molecule has 1 fully saturated rings. The zero-order chi connectivity index (χ0) is 11.3. The van der Waals surface area contributed by atoms with E-state index in [-0.39, 0.29) is 5.91 Å². The Morgan fingerprint density at radius 3 is 2.53 bits per heavy atom. The Bertz CT molecular complexity index is 238. The van der Waals surface area contributed by atoms with Crippen LogP contribution in [0, 0.1) is 5.92 Å². The van der Waals surface area contributed by atoms with Gasteiger partial charge in [0.25, 0.3) is 0 Å². The van der Waals surface area contributed by atoms with Crippen LogP contribution in [0.5, 0.6) is 0 Å². The lowest BCUT2D eigenvalue weighted by atomic mass is 10.0. The van der Waals surface area contributed by atoms with Crippen molar-refractivity contribution in [3.63, 3.8) is 0 Å². The fraction of sp³-hybridized carbons (Fsp3) is 0.750. The Hall–Kier alpha value is -0.830. The third-order valence-electron chi connectivity index (χ3n) is 2.48. The lowest BCUT2D eigenvalue weighted by Crippen LogP contribution is -2.41. The number of rotatable bonds is 3. The number of ether oxygens (including phenoxy) is 1. The zero-order valence-electron chi connectivity index (χ0n) is 9.95. The third kappa shape index (κ3) is 4.47. The minimum Gasteiger partial charge on any atom is -0.378 e. The number of carbonyl (C=O) groups is 1. The van der Waals surface area contributed by atoms with Crippen LogP contribution in [0.4, 0.5) is 0 Å². The number of amides is 1. The van der Waals surface area contributed by atoms with Gasteiger partial charge in [0, 0.05) is 19.5 Å². The molecule has 15 heavy (non-hydrogen) atoms. The summed E-state index contributed by atoms with van der Waals surface area (Å²) < 4.78 is 5.21. The van der Waals surface area contributed by atoms with Crippen molar-refractivity contribution in [3.8, 4) is 0 Å². The number of morpholine rings is 1. The molecule has 0 radical (unpaired) electrons. The van der Waals surface area contributed by atoms with Crippen molar-refractivity contribution in [3.05, 3.63) is 11.6 Å². The molecule has 1 amide bonds. The van der Waals surface area contributed by atoms with Crippen LogP contribution in [0.15, 0.2) is 11.6 Å². The second kappa shape index (κ2) is 5.91. The van der Waals surface area contributed by atoms with Crippen LogP contribution >= 0.6 is 0 Å². The average molecular weight is 211 g/mol. The second-order valence-corrected chi connectivity index (χ2v) is 4.42. The Morgan fingerprint density at radius 2 is 2.00 bits per heavy atom. The standard InChI is InChI=1S/C12H21NO2/c1-10(2)8-11(3)9-12(14)13-4-6-15-7-5-13/h8,11H,4-7,9H2,1-3H3. The minimum absolute atomic E-state index is 0.253. The fourth-order valence-electron chi connectivity index (χ4n) is 1.85. The highest BCUT2D eigenvalue weighted by molar-refractivity contribution is 5.76. The first-order chi connectivity index (χ1) is 7.09. The normalized spacial score (nSPS) is 18.5. The van der Waals surface area contributed by atoms with E-state index >= 15 is 0 Å². The highest BCUT2D eigenvalue weighted by atomic mass is 16.5. The number of carbonyl (C=O) groups excluding carboxylic acids is 1. The molecule has 0 aromatic rings. The Kier molecular flexibility index (Phi) is 4.82. The monoisotopic (exact) mass is 211 g/mol. The van der Waals surface area contributed by atoms with Crippen LogP contribution in [-0.2, 0) is 9.53 Å². The number of allylic oxidation sites excluding steroid dienone is 2. The molecule has 86 valence electrons. The smallest absolute Gasteiger partial charge is 0.223 e. The molecule has 1 unspecified atom stereocenters. The summed E-state index contributed by atoms with van der Waals surface area (Å²) in [6, 6.07) is 0. The third-order valence-corrected chi connectivity index (χ3v) is 2.48. The predicted molar refractivity (Wildman–Crippen MR) is 60.6 cm³/mol. The van der Waals surface area contributed by atoms with Crippen molar-refractivity contribution >= 4 is 5.91 Å². The Labute approximate surface area is 92.1 Å². The summed E-state index contributed by atoms with van der Waals surface area (Å²) in [7, 11) is 0. The quantitative estimate of drug-likeness (QED) is 0.667. The SMILES string of the molecule is CC(C)=CC(C)CC(=O)N1CCOCC1. The summed E-state index contributed by atoms with van der Waals surface area (Å²) in [6.45, 7) is 9.09. The van der Waals surface area contributed by atoms with E-state index in [0.717, 1.165) is 13.1 Å². The van der Waals surface area contributed by atoms with E-state index in [9.17, 15) is 4.79 Å². The van der Waals surface area contributed by atoms with Crippen molar-refractivity contribution in [1.29, 1.82) is 0 Å². The molecule has 0 N–H and O–H groups in total. The zero-order valence-corrected chi connectivity index (χ0v) is 9.95. The minimum atomic E-state index is 0.253. The van der Waals surface area contributed by atoms with Crippen LogP contribution in [0.1, 0.15) is 27.2 Å². The van der Waals surface area contributed by atoms with Crippen molar-refractivity contribution in [1.82, 2.24) is 4.90 Å². The molecule has 1 aliphatic heterocycles. The van der Waals surface area contributed by atoms with Gasteiger partial charge in [-0.05, 0) is 19.8 Å². The summed E-state index contributed by atoms with van der Waals surface area (Å²) in [6.07, 6.45) is 2.77. The van der Waals surface area contributed by atoms with E-state index in [1.54, 1.807) is 0 Å². The molecule has 0 spiro atoms. The maximum Gasteiger partial charge on any atom is 0.223 e. The first-order valence-electron chi connectivity index (χ1n) is 5.60. The highest BCUT2D eigenvalue weighted by Crippen LogP contribution is 2.10. The number of hydrogen-bond donors (Lipinski definition) is 0. The van der Waals surface area contributed by atoms with E-state index < -0.39 is 0 Å². The summed E-state index contributed by atoms with van der Waals surface area (Å²) in [5.74, 6) is 0.591. The van der Waals surface area contributed by atoms with Gasteiger partial charge in [-0.15, -0.1) is 0 Å². The second-order valence-electron chi connectivity index (χ2n) is 4.42. The van der Waals surface area contributed by atoms with E-state index in [4.69, 9.17) is 4.74 Å². The Balaban J connectivity index is 2.37. The van der Waals surface area contributed by atoms with Gasteiger partial charge in [-0.1, -0.05) is 18.6 Å². The van der Waals surface area contributed by atoms with Gasteiger partial charge in [-0.3, -0.25) is 4.79 Å². The van der Waals surface area contributed by atoms with E-state index in [2.05, 4.69) is 26.8 Å². The van der Waals surface area contributed by atoms with Crippen LogP contribution in [-0.4, -0.2) is 37.1 Å². The molecule has 3 heteroatoms. The molecule has 1 saturated heterocycles. The first kappa shape index (κ1) is 12.2. The summed E-state index contributed by atoms with van der Waals surface area (Å²) >= 11 is 0. The summed E-state index contributed by atoms with van der Waals surface area (Å²) in [4.78, 5) is 13.7. The highest BCUT2D eigenvalue weighted by Gasteiger charge is 2.17. The lowest BCUT2D eigenvalue weighted by molar-refractivity contribution is -0.135. The predicted octanol–water partition coefficient (Wildman–Crippen LogP) is 1.84. The fourth-order valence-corrected chi connectivity index (χ4v) is 1.85. The van der Waals surface area contributed by atoms with Gasteiger partial charge in [-0.2, -0.15) is 0 Å². The van der Waals surface area contributed by atoms with E-state index in [1.165, 1.54) is 5.57 Å². The molecule has 0 aliphatic carbocycles. The van der Waals surface area contributed by atoms with Gasteiger partial charge in [0.2, 0.25) is 5.91 Å². The lowest BCUT2D eigenvalue weighted by Gasteiger charge is -2.27. The maximum absolute atomic E-state index is 11.8. The van der Waals surface area contributed by atoms with Crippen molar-refractivity contribution < 1.29 is 9.53 Å². The van der Waals surface area contributed by atoms with Gasteiger partial charge in [0.15, 0.2) is 0 Å². The summed E-state index contributed by atoms with van der Waals surface area (Å²) in [5, 5.41) is 0. The van der Waals surface area contributed by atoms with Crippen LogP contribution < -0.4 is 0 Å². The summed E-state index contributed by atoms with van der Waals surface area (Å²) in [5.41, 5.74) is 1.28. The molecule has 0 saturated carbocycles. The van der Waals surface area contributed by atoms with E-state index in [1.807, 2.05) is 4.90 Å². The number of hydrogen-bond acceptors (Lipinski definition) is 2. The van der Waals surface area contributed by atoms with Crippen molar-refractivity contribution in [2.75, 3.05) is 26.3 Å². The van der Waals surface area contributed by atoms with E-state index in [0.29, 0.717) is 25.6 Å². The molecular formula is C12H21NO2. The van der Waals surface area contributed by atoms with Gasteiger partial charge < -0.3 is 9.64 Å². The molecule has 0 aromatic heterocycles. The Morgan fingerprint density at radius 1 is 1.40 bits per heavy atom. The van der Waals surface area contributed by atoms with Gasteiger partial charge in [0.1, 0.15) is 0 Å². The van der Waals surface area contributed by atoms with Gasteiger partial charge in [0.05, 0.1) is 13.2 Å². The van der Waals surface area contributed by atoms with Gasteiger partial charge in [-0.25, -0.2) is 0 Å². The topological polar surface area (TPSA) is 29.5 Å². The first-order valence-corrected chi connectivity index (χ1v) is 5.60. The van der Waals surface area contributed by atoms with Crippen molar-refractivity contribution in [2.45, 2.75) is 27.2 Å². The molecule has 0 bridgehead atoms. The van der Waals surface area contributed by atoms with Crippen LogP contribution in [0.25, 0.3) is 0 Å². The molecule has 1 atom stereocenters. The molecule has 0 aromatic carbocycles. The maximum atomic E-state index is 11.8. The largest absolute Gasteiger partial charge is 0.378 e. The molecular weight excluding hydrogens is 190 g/mol. The van der Waals surface area contributed by atoms with Gasteiger partial charge >= 0.3 is 0 Å². The van der Waals surface area contributed by atoms with Crippen LogP contribution in [0.2, 0.25) is 0 Å². The average Bonchev–Trinajstić information content (AvgIpc) is 2.17. The van der Waals surface area contributed by atoms with Crippen molar-refractivity contribution in [2.24, 2.45) is 5.92 Å². The molecule has 3 nitrogen and oxygen atoms in total. The molecule has 1 rings (SSSR count).